The van der Waals surface area contributed by atoms with E-state index < -0.39 is 5.60 Å². The Kier molecular flexibility index (Phi) is 7.32. The van der Waals surface area contributed by atoms with Gasteiger partial charge in [0.25, 0.3) is 0 Å². The van der Waals surface area contributed by atoms with Gasteiger partial charge in [0.05, 0.1) is 14.2 Å². The second-order valence-corrected chi connectivity index (χ2v) is 16.4. The molecule has 5 aromatic rings. The summed E-state index contributed by atoms with van der Waals surface area (Å²) < 4.78 is 18.8. The third-order valence-corrected chi connectivity index (χ3v) is 11.8. The Hall–Kier alpha value is -4.15. The van der Waals surface area contributed by atoms with Crippen molar-refractivity contribution in [1.29, 1.82) is 0 Å². The minimum atomic E-state index is -0.868. The number of fused-ring (bicyclic) bond motifs is 10. The zero-order valence-corrected chi connectivity index (χ0v) is 30.6. The van der Waals surface area contributed by atoms with Crippen molar-refractivity contribution in [3.8, 4) is 28.4 Å². The third kappa shape index (κ3) is 4.85. The van der Waals surface area contributed by atoms with Gasteiger partial charge in [0.1, 0.15) is 17.2 Å². The molecule has 0 unspecified atom stereocenters. The van der Waals surface area contributed by atoms with Crippen molar-refractivity contribution >= 4 is 29.5 Å². The molecular formula is C45H46O3S. The van der Waals surface area contributed by atoms with Gasteiger partial charge in [0.15, 0.2) is 5.60 Å². The van der Waals surface area contributed by atoms with E-state index in [1.165, 1.54) is 50.8 Å². The maximum atomic E-state index is 7.66. The van der Waals surface area contributed by atoms with Crippen molar-refractivity contribution in [2.75, 3.05) is 14.2 Å². The molecule has 1 spiro atoms. The van der Waals surface area contributed by atoms with Gasteiger partial charge in [-0.1, -0.05) is 82.3 Å². The Labute approximate surface area is 296 Å². The summed E-state index contributed by atoms with van der Waals surface area (Å²) >= 11 is 4.80. The maximum absolute atomic E-state index is 7.66. The molecule has 0 N–H and O–H groups in total. The van der Waals surface area contributed by atoms with Crippen molar-refractivity contribution in [3.63, 3.8) is 0 Å². The molecule has 250 valence electrons. The summed E-state index contributed by atoms with van der Waals surface area (Å²) in [7, 11) is 3.41. The molecule has 49 heavy (non-hydrogen) atoms. The SMILES string of the molecule is COc1ccc(C2(c3ccc(OC)cc3)C=Cc3c4c(c5cc(CS)c(C)cc5c3O2)-c2ccccc2C42CC(C)(C)CC(C)(C)C2)cc1. The lowest BCUT2D eigenvalue weighted by Gasteiger charge is -2.52. The quantitative estimate of drug-likeness (QED) is 0.189. The van der Waals surface area contributed by atoms with Crippen LogP contribution in [-0.4, -0.2) is 14.2 Å². The molecule has 0 aromatic heterocycles. The highest BCUT2D eigenvalue weighted by molar-refractivity contribution is 7.79. The highest BCUT2D eigenvalue weighted by Gasteiger charge is 2.55. The second-order valence-electron chi connectivity index (χ2n) is 16.1. The molecule has 4 heteroatoms. The highest BCUT2D eigenvalue weighted by atomic mass is 32.1. The van der Waals surface area contributed by atoms with E-state index in [9.17, 15) is 0 Å². The molecule has 3 nitrogen and oxygen atoms in total. The normalized spacial score (nSPS) is 18.8. The summed E-state index contributed by atoms with van der Waals surface area (Å²) in [5.41, 5.74) is 10.7. The molecule has 3 aliphatic rings. The van der Waals surface area contributed by atoms with Gasteiger partial charge in [0, 0.05) is 33.2 Å². The predicted octanol–water partition coefficient (Wildman–Crippen LogP) is 11.4. The van der Waals surface area contributed by atoms with Gasteiger partial charge in [-0.05, 0) is 118 Å². The first-order valence-corrected chi connectivity index (χ1v) is 18.1. The Morgan fingerprint density at radius 1 is 0.735 bits per heavy atom. The van der Waals surface area contributed by atoms with Crippen molar-refractivity contribution < 1.29 is 14.2 Å². The predicted molar refractivity (Wildman–Crippen MR) is 205 cm³/mol. The van der Waals surface area contributed by atoms with Crippen molar-refractivity contribution in [2.45, 2.75) is 70.7 Å². The topological polar surface area (TPSA) is 27.7 Å². The van der Waals surface area contributed by atoms with Gasteiger partial charge < -0.3 is 14.2 Å². The van der Waals surface area contributed by atoms with Gasteiger partial charge in [-0.2, -0.15) is 12.6 Å². The largest absolute Gasteiger partial charge is 0.497 e. The first-order chi connectivity index (χ1) is 23.4. The molecule has 1 heterocycles. The van der Waals surface area contributed by atoms with Crippen LogP contribution in [0.5, 0.6) is 17.2 Å². The van der Waals surface area contributed by atoms with E-state index >= 15 is 0 Å². The molecule has 1 fully saturated rings. The van der Waals surface area contributed by atoms with Crippen LogP contribution in [0.2, 0.25) is 0 Å². The Bertz CT molecular complexity index is 2070. The van der Waals surface area contributed by atoms with Crippen LogP contribution in [0.25, 0.3) is 28.0 Å². The van der Waals surface area contributed by atoms with Crippen LogP contribution < -0.4 is 14.2 Å². The van der Waals surface area contributed by atoms with E-state index in [2.05, 4.69) is 107 Å². The number of benzene rings is 5. The lowest BCUT2D eigenvalue weighted by atomic mass is 9.52. The van der Waals surface area contributed by atoms with Crippen molar-refractivity contribution in [1.82, 2.24) is 0 Å². The second kappa shape index (κ2) is 11.2. The molecular weight excluding hydrogens is 621 g/mol. The first-order valence-electron chi connectivity index (χ1n) is 17.5. The first kappa shape index (κ1) is 32.1. The molecule has 0 bridgehead atoms. The minimum Gasteiger partial charge on any atom is -0.497 e. The van der Waals surface area contributed by atoms with E-state index in [1.54, 1.807) is 14.2 Å². The zero-order chi connectivity index (χ0) is 34.3. The summed E-state index contributed by atoms with van der Waals surface area (Å²) in [6.07, 6.45) is 8.05. The van der Waals surface area contributed by atoms with E-state index in [0.29, 0.717) is 5.75 Å². The number of hydrogen-bond donors (Lipinski definition) is 1. The lowest BCUT2D eigenvalue weighted by molar-refractivity contribution is 0.0642. The molecule has 1 saturated carbocycles. The summed E-state index contributed by atoms with van der Waals surface area (Å²) in [5, 5.41) is 2.40. The van der Waals surface area contributed by atoms with Crippen LogP contribution >= 0.6 is 12.6 Å². The number of hydrogen-bond acceptors (Lipinski definition) is 4. The van der Waals surface area contributed by atoms with Crippen LogP contribution in [0.15, 0.2) is 91.0 Å². The summed E-state index contributed by atoms with van der Waals surface area (Å²) in [6, 6.07) is 30.6. The van der Waals surface area contributed by atoms with Crippen molar-refractivity contribution in [2.24, 2.45) is 10.8 Å². The molecule has 0 saturated heterocycles. The highest BCUT2D eigenvalue weighted by Crippen LogP contribution is 2.67. The van der Waals surface area contributed by atoms with Gasteiger partial charge in [-0.15, -0.1) is 0 Å². The van der Waals surface area contributed by atoms with Gasteiger partial charge >= 0.3 is 0 Å². The minimum absolute atomic E-state index is 0.143. The van der Waals surface area contributed by atoms with Gasteiger partial charge in [0.2, 0.25) is 0 Å². The Morgan fingerprint density at radius 3 is 1.90 bits per heavy atom. The molecule has 2 aliphatic carbocycles. The number of aryl methyl sites for hydroxylation is 1. The van der Waals surface area contributed by atoms with Gasteiger partial charge in [-0.25, -0.2) is 0 Å². The van der Waals surface area contributed by atoms with Crippen LogP contribution in [0.4, 0.5) is 0 Å². The van der Waals surface area contributed by atoms with E-state index in [0.717, 1.165) is 46.6 Å². The third-order valence-electron chi connectivity index (χ3n) is 11.4. The Morgan fingerprint density at radius 2 is 1.33 bits per heavy atom. The Balaban J connectivity index is 1.48. The number of ether oxygens (including phenoxy) is 3. The van der Waals surface area contributed by atoms with Crippen LogP contribution in [0.1, 0.15) is 85.9 Å². The number of thiol groups is 1. The fraction of sp³-hybridized carbons (Fsp3) is 0.333. The summed E-state index contributed by atoms with van der Waals surface area (Å²) in [4.78, 5) is 0. The van der Waals surface area contributed by atoms with Crippen LogP contribution in [0, 0.1) is 17.8 Å². The molecule has 5 aromatic carbocycles. The summed E-state index contributed by atoms with van der Waals surface area (Å²) in [6.45, 7) is 12.1. The average molecular weight is 667 g/mol. The fourth-order valence-electron chi connectivity index (χ4n) is 10.2. The van der Waals surface area contributed by atoms with Crippen molar-refractivity contribution in [3.05, 3.63) is 130 Å². The fourth-order valence-corrected chi connectivity index (χ4v) is 10.5. The summed E-state index contributed by atoms with van der Waals surface area (Å²) in [5.74, 6) is 3.26. The molecule has 0 radical (unpaired) electrons. The monoisotopic (exact) mass is 666 g/mol. The zero-order valence-electron chi connectivity index (χ0n) is 29.7. The van der Waals surface area contributed by atoms with E-state index in [4.69, 9.17) is 26.8 Å². The lowest BCUT2D eigenvalue weighted by Crippen LogP contribution is -2.44. The number of methoxy groups -OCH3 is 2. The van der Waals surface area contributed by atoms with E-state index in [1.807, 2.05) is 24.3 Å². The molecule has 8 rings (SSSR count). The average Bonchev–Trinajstić information content (AvgIpc) is 3.35. The number of rotatable bonds is 5. The standard InChI is InChI=1S/C45H46O3S/c1-28-22-37-36(23-29(28)24-49)39-34-10-8-9-11-38(34)44(26-42(2,3)25-43(4,5)27-44)40(39)35-20-21-45(48-41(35)37,30-12-16-32(46-6)17-13-30)31-14-18-33(47-7)19-15-31/h8-23,49H,24-27H2,1-7H3. The van der Waals surface area contributed by atoms with Gasteiger partial charge in [-0.3, -0.25) is 0 Å². The van der Waals surface area contributed by atoms with Crippen LogP contribution in [-0.2, 0) is 16.8 Å². The molecule has 1 aliphatic heterocycles. The van der Waals surface area contributed by atoms with E-state index in [-0.39, 0.29) is 16.2 Å². The smallest absolute Gasteiger partial charge is 0.178 e. The molecule has 0 amide bonds. The molecule has 0 atom stereocenters. The van der Waals surface area contributed by atoms with Crippen LogP contribution in [0.3, 0.4) is 0 Å². The maximum Gasteiger partial charge on any atom is 0.178 e.